The summed E-state index contributed by atoms with van der Waals surface area (Å²) in [6, 6.07) is 4.62. The van der Waals surface area contributed by atoms with Crippen molar-refractivity contribution >= 4 is 11.8 Å². The van der Waals surface area contributed by atoms with Gasteiger partial charge in [-0.05, 0) is 24.6 Å². The van der Waals surface area contributed by atoms with Crippen LogP contribution in [0.2, 0.25) is 0 Å². The maximum Gasteiger partial charge on any atom is 0.237 e. The number of aryl methyl sites for hydroxylation is 1. The Morgan fingerprint density at radius 2 is 1.96 bits per heavy atom. The molecule has 3 rings (SSSR count). The van der Waals surface area contributed by atoms with Gasteiger partial charge in [0, 0.05) is 17.7 Å². The van der Waals surface area contributed by atoms with Crippen LogP contribution in [0.15, 0.2) is 18.2 Å². The van der Waals surface area contributed by atoms with E-state index in [2.05, 4.69) is 10.2 Å². The monoisotopic (exact) mass is 414 g/mol. The third-order valence-corrected chi connectivity index (χ3v) is 6.13. The predicted octanol–water partition coefficient (Wildman–Crippen LogP) is 0.352. The summed E-state index contributed by atoms with van der Waals surface area (Å²) in [6.45, 7) is 1.40. The molecule has 0 saturated carbocycles. The van der Waals surface area contributed by atoms with E-state index in [1.807, 2.05) is 0 Å². The van der Waals surface area contributed by atoms with Crippen molar-refractivity contribution in [2.24, 2.45) is 0 Å². The highest BCUT2D eigenvalue weighted by Gasteiger charge is 2.44. The molecule has 0 bridgehead atoms. The van der Waals surface area contributed by atoms with Crippen LogP contribution in [0.1, 0.15) is 16.8 Å². The number of nitrogens with one attached hydrogen (secondary N) is 1. The second-order valence-corrected chi connectivity index (χ2v) is 7.94. The predicted molar refractivity (Wildman–Crippen MR) is 100.0 cm³/mol. The Balaban J connectivity index is 1.80. The number of ether oxygens (including phenoxy) is 2. The van der Waals surface area contributed by atoms with Crippen molar-refractivity contribution in [3.8, 4) is 11.6 Å². The highest BCUT2D eigenvalue weighted by molar-refractivity contribution is 8.00. The van der Waals surface area contributed by atoms with Crippen molar-refractivity contribution < 1.29 is 34.3 Å². The molecule has 2 heterocycles. The lowest BCUT2D eigenvalue weighted by atomic mass is 10.0. The summed E-state index contributed by atoms with van der Waals surface area (Å²) in [5.74, 6) is -0.135. The Morgan fingerprint density at radius 1 is 1.21 bits per heavy atom. The van der Waals surface area contributed by atoms with Crippen molar-refractivity contribution in [2.75, 3.05) is 13.7 Å². The maximum absolute atomic E-state index is 14.0. The van der Waals surface area contributed by atoms with E-state index in [-0.39, 0.29) is 18.2 Å². The van der Waals surface area contributed by atoms with E-state index < -0.39 is 34.8 Å². The average molecular weight is 414 g/mol. The van der Waals surface area contributed by atoms with Gasteiger partial charge in [-0.2, -0.15) is 0 Å². The van der Waals surface area contributed by atoms with Gasteiger partial charge in [0.25, 0.3) is 0 Å². The number of aromatic nitrogens is 2. The summed E-state index contributed by atoms with van der Waals surface area (Å²) in [5.41, 5.74) is 1.11. The Bertz CT molecular complexity index is 817. The number of H-pyrrole nitrogens is 1. The standard InChI is InChI=1S/C18H23FN2O6S/c1-8-10(5-9-3-4-12(26-2)11(19)6-9)17(21-20-8)27-18-16(25)15(24)14(23)13(7-22)28-18/h3-4,6,13-16,18,22-25H,5,7H2,1-2H3,(H,20,21)/t13-,14-,15+,16-,18-/m1/s1. The first kappa shape index (κ1) is 20.9. The highest BCUT2D eigenvalue weighted by atomic mass is 32.2. The SMILES string of the molecule is COc1ccc(Cc2c(O[C@@H]3S[C@H](CO)[C@@H](O)[C@H](O)[C@H]3O)n[nH]c2C)cc1F. The van der Waals surface area contributed by atoms with Gasteiger partial charge in [0.15, 0.2) is 17.0 Å². The smallest absolute Gasteiger partial charge is 0.237 e. The number of halogens is 1. The van der Waals surface area contributed by atoms with Crippen molar-refractivity contribution in [3.63, 3.8) is 0 Å². The van der Waals surface area contributed by atoms with Gasteiger partial charge in [-0.15, -0.1) is 16.9 Å². The number of benzene rings is 1. The topological polar surface area (TPSA) is 128 Å². The average Bonchev–Trinajstić information content (AvgIpc) is 3.02. The zero-order valence-corrected chi connectivity index (χ0v) is 16.2. The normalized spacial score (nSPS) is 27.6. The molecule has 1 saturated heterocycles. The van der Waals surface area contributed by atoms with Gasteiger partial charge >= 0.3 is 0 Å². The van der Waals surface area contributed by atoms with Gasteiger partial charge in [0.1, 0.15) is 12.2 Å². The van der Waals surface area contributed by atoms with Crippen LogP contribution in [0.4, 0.5) is 4.39 Å². The molecule has 0 aliphatic carbocycles. The Hall–Kier alpha value is -1.85. The highest BCUT2D eigenvalue weighted by Crippen LogP contribution is 2.35. The minimum atomic E-state index is -1.46. The number of aliphatic hydroxyl groups excluding tert-OH is 4. The molecule has 0 spiro atoms. The fraction of sp³-hybridized carbons (Fsp3) is 0.500. The lowest BCUT2D eigenvalue weighted by molar-refractivity contribution is -0.0915. The van der Waals surface area contributed by atoms with E-state index in [0.29, 0.717) is 23.2 Å². The van der Waals surface area contributed by atoms with E-state index in [9.17, 15) is 24.8 Å². The molecule has 1 fully saturated rings. The summed E-state index contributed by atoms with van der Waals surface area (Å²) in [7, 11) is 1.39. The largest absolute Gasteiger partial charge is 0.494 e. The quantitative estimate of drug-likeness (QED) is 0.458. The van der Waals surface area contributed by atoms with Crippen LogP contribution >= 0.6 is 11.8 Å². The van der Waals surface area contributed by atoms with E-state index in [4.69, 9.17) is 9.47 Å². The summed E-state index contributed by atoms with van der Waals surface area (Å²) < 4.78 is 24.7. The van der Waals surface area contributed by atoms with E-state index in [0.717, 1.165) is 11.8 Å². The van der Waals surface area contributed by atoms with E-state index in [1.165, 1.54) is 19.2 Å². The molecule has 1 aliphatic rings. The fourth-order valence-electron chi connectivity index (χ4n) is 3.03. The van der Waals surface area contributed by atoms with Crippen LogP contribution < -0.4 is 9.47 Å². The number of hydrogen-bond donors (Lipinski definition) is 5. The molecule has 1 aliphatic heterocycles. The Morgan fingerprint density at radius 3 is 2.61 bits per heavy atom. The summed E-state index contributed by atoms with van der Waals surface area (Å²) >= 11 is 1.02. The molecule has 10 heteroatoms. The number of rotatable bonds is 6. The van der Waals surface area contributed by atoms with Gasteiger partial charge in [-0.1, -0.05) is 6.07 Å². The molecule has 5 N–H and O–H groups in total. The van der Waals surface area contributed by atoms with Crippen LogP contribution in [0.5, 0.6) is 11.6 Å². The molecule has 1 aromatic carbocycles. The molecule has 154 valence electrons. The molecular formula is C18H23FN2O6S. The zero-order chi connectivity index (χ0) is 20.4. The zero-order valence-electron chi connectivity index (χ0n) is 15.4. The molecule has 0 amide bonds. The first-order chi connectivity index (χ1) is 13.3. The lowest BCUT2D eigenvalue weighted by Gasteiger charge is -2.38. The number of aliphatic hydroxyl groups is 4. The first-order valence-electron chi connectivity index (χ1n) is 8.69. The number of aromatic amines is 1. The molecule has 8 nitrogen and oxygen atoms in total. The van der Waals surface area contributed by atoms with Gasteiger partial charge in [0.05, 0.1) is 25.1 Å². The fourth-order valence-corrected chi connectivity index (χ4v) is 4.26. The van der Waals surface area contributed by atoms with E-state index in [1.54, 1.807) is 13.0 Å². The first-order valence-corrected chi connectivity index (χ1v) is 9.63. The maximum atomic E-state index is 14.0. The second kappa shape index (κ2) is 8.66. The van der Waals surface area contributed by atoms with Crippen molar-refractivity contribution in [1.29, 1.82) is 0 Å². The number of hydrogen-bond acceptors (Lipinski definition) is 8. The minimum Gasteiger partial charge on any atom is -0.494 e. The Labute approximate surface area is 165 Å². The molecule has 0 radical (unpaired) electrons. The number of nitrogens with zero attached hydrogens (tertiary/aromatic N) is 1. The third kappa shape index (κ3) is 4.11. The van der Waals surface area contributed by atoms with E-state index >= 15 is 0 Å². The Kier molecular flexibility index (Phi) is 6.46. The van der Waals surface area contributed by atoms with Gasteiger partial charge < -0.3 is 29.9 Å². The third-order valence-electron chi connectivity index (χ3n) is 4.71. The second-order valence-electron chi connectivity index (χ2n) is 6.59. The van der Waals surface area contributed by atoms with Crippen LogP contribution in [0.25, 0.3) is 0 Å². The molecule has 2 aromatic rings. The molecule has 5 atom stereocenters. The summed E-state index contributed by atoms with van der Waals surface area (Å²) in [6.07, 6.45) is -3.78. The summed E-state index contributed by atoms with van der Waals surface area (Å²) in [5, 5.41) is 45.7. The van der Waals surface area contributed by atoms with Crippen molar-refractivity contribution in [1.82, 2.24) is 10.2 Å². The van der Waals surface area contributed by atoms with Crippen LogP contribution in [0, 0.1) is 12.7 Å². The number of methoxy groups -OCH3 is 1. The van der Waals surface area contributed by atoms with Crippen LogP contribution in [-0.2, 0) is 6.42 Å². The summed E-state index contributed by atoms with van der Waals surface area (Å²) in [4.78, 5) is 0. The van der Waals surface area contributed by atoms with Gasteiger partial charge in [0.2, 0.25) is 5.88 Å². The molecule has 28 heavy (non-hydrogen) atoms. The lowest BCUT2D eigenvalue weighted by Crippen LogP contribution is -2.55. The van der Waals surface area contributed by atoms with Crippen LogP contribution in [-0.4, -0.2) is 73.3 Å². The van der Waals surface area contributed by atoms with Crippen molar-refractivity contribution in [2.45, 2.75) is 42.3 Å². The molecule has 1 aromatic heterocycles. The minimum absolute atomic E-state index is 0.147. The molecule has 0 unspecified atom stereocenters. The molecular weight excluding hydrogens is 391 g/mol. The number of thioether (sulfide) groups is 1. The van der Waals surface area contributed by atoms with Gasteiger partial charge in [-0.3, -0.25) is 5.10 Å². The van der Waals surface area contributed by atoms with Crippen LogP contribution in [0.3, 0.4) is 0 Å². The van der Waals surface area contributed by atoms with Gasteiger partial charge in [-0.25, -0.2) is 4.39 Å². The van der Waals surface area contributed by atoms with Crippen molar-refractivity contribution in [3.05, 3.63) is 40.8 Å².